The summed E-state index contributed by atoms with van der Waals surface area (Å²) in [5.41, 5.74) is 7.24. The van der Waals surface area contributed by atoms with Crippen molar-refractivity contribution in [1.29, 1.82) is 0 Å². The standard InChI is InChI=1S/C14H21NO3/c1-16-10-7-5-8-11(17-2)13(10)14(15)12-6-3-4-9-18-12/h5,7-8,12,14H,3-4,6,9,15H2,1-2H3. The van der Waals surface area contributed by atoms with Crippen LogP contribution in [0.4, 0.5) is 0 Å². The molecular weight excluding hydrogens is 230 g/mol. The van der Waals surface area contributed by atoms with Crippen molar-refractivity contribution in [3.05, 3.63) is 23.8 Å². The van der Waals surface area contributed by atoms with Crippen LogP contribution in [0.1, 0.15) is 30.9 Å². The smallest absolute Gasteiger partial charge is 0.127 e. The summed E-state index contributed by atoms with van der Waals surface area (Å²) in [5.74, 6) is 1.52. The first-order valence-electron chi connectivity index (χ1n) is 6.36. The monoisotopic (exact) mass is 251 g/mol. The van der Waals surface area contributed by atoms with Crippen LogP contribution >= 0.6 is 0 Å². The van der Waals surface area contributed by atoms with E-state index in [1.807, 2.05) is 18.2 Å². The third-order valence-corrected chi connectivity index (χ3v) is 3.41. The predicted molar refractivity (Wildman–Crippen MR) is 70.1 cm³/mol. The van der Waals surface area contributed by atoms with Gasteiger partial charge in [-0.1, -0.05) is 6.07 Å². The molecule has 0 amide bonds. The van der Waals surface area contributed by atoms with Gasteiger partial charge in [-0.25, -0.2) is 0 Å². The maximum atomic E-state index is 6.34. The lowest BCUT2D eigenvalue weighted by molar-refractivity contribution is -0.000802. The Balaban J connectivity index is 2.29. The van der Waals surface area contributed by atoms with Gasteiger partial charge in [-0.3, -0.25) is 0 Å². The van der Waals surface area contributed by atoms with Crippen molar-refractivity contribution in [1.82, 2.24) is 0 Å². The lowest BCUT2D eigenvalue weighted by Crippen LogP contribution is -2.32. The first kappa shape index (κ1) is 13.2. The van der Waals surface area contributed by atoms with Gasteiger partial charge in [0.25, 0.3) is 0 Å². The highest BCUT2D eigenvalue weighted by molar-refractivity contribution is 5.47. The predicted octanol–water partition coefficient (Wildman–Crippen LogP) is 2.27. The topological polar surface area (TPSA) is 53.7 Å². The fourth-order valence-electron chi connectivity index (χ4n) is 2.44. The van der Waals surface area contributed by atoms with Crippen LogP contribution in [0.15, 0.2) is 18.2 Å². The highest BCUT2D eigenvalue weighted by atomic mass is 16.5. The average Bonchev–Trinajstić information content (AvgIpc) is 2.46. The average molecular weight is 251 g/mol. The molecule has 0 saturated carbocycles. The summed E-state index contributed by atoms with van der Waals surface area (Å²) < 4.78 is 16.5. The van der Waals surface area contributed by atoms with Crippen molar-refractivity contribution in [2.75, 3.05) is 20.8 Å². The van der Waals surface area contributed by atoms with Gasteiger partial charge in [0.15, 0.2) is 0 Å². The first-order valence-corrected chi connectivity index (χ1v) is 6.36. The van der Waals surface area contributed by atoms with Crippen molar-refractivity contribution in [2.45, 2.75) is 31.4 Å². The molecule has 2 rings (SSSR count). The van der Waals surface area contributed by atoms with Gasteiger partial charge >= 0.3 is 0 Å². The van der Waals surface area contributed by atoms with Gasteiger partial charge in [-0.15, -0.1) is 0 Å². The Bertz CT molecular complexity index is 366. The molecule has 1 aliphatic rings. The number of rotatable bonds is 4. The SMILES string of the molecule is COc1cccc(OC)c1C(N)C1CCCCO1. The highest BCUT2D eigenvalue weighted by Gasteiger charge is 2.27. The normalized spacial score (nSPS) is 21.4. The van der Waals surface area contributed by atoms with Gasteiger partial charge in [0.2, 0.25) is 0 Å². The van der Waals surface area contributed by atoms with Crippen LogP contribution in [-0.2, 0) is 4.74 Å². The number of hydrogen-bond acceptors (Lipinski definition) is 4. The third-order valence-electron chi connectivity index (χ3n) is 3.41. The molecule has 18 heavy (non-hydrogen) atoms. The molecular formula is C14H21NO3. The maximum absolute atomic E-state index is 6.34. The molecule has 1 saturated heterocycles. The Morgan fingerprint density at radius 3 is 2.39 bits per heavy atom. The fourth-order valence-corrected chi connectivity index (χ4v) is 2.44. The quantitative estimate of drug-likeness (QED) is 0.892. The van der Waals surface area contributed by atoms with Crippen LogP contribution in [0.25, 0.3) is 0 Å². The molecule has 4 nitrogen and oxygen atoms in total. The van der Waals surface area contributed by atoms with E-state index in [-0.39, 0.29) is 12.1 Å². The zero-order valence-corrected chi connectivity index (χ0v) is 11.0. The van der Waals surface area contributed by atoms with Gasteiger partial charge in [0, 0.05) is 6.61 Å². The molecule has 4 heteroatoms. The minimum Gasteiger partial charge on any atom is -0.496 e. The zero-order valence-electron chi connectivity index (χ0n) is 11.0. The molecule has 0 aliphatic carbocycles. The molecule has 0 aromatic heterocycles. The van der Waals surface area contributed by atoms with E-state index in [1.54, 1.807) is 14.2 Å². The summed E-state index contributed by atoms with van der Waals surface area (Å²) in [4.78, 5) is 0. The van der Waals surface area contributed by atoms with Crippen molar-refractivity contribution < 1.29 is 14.2 Å². The molecule has 1 heterocycles. The fraction of sp³-hybridized carbons (Fsp3) is 0.571. The zero-order chi connectivity index (χ0) is 13.0. The minimum atomic E-state index is -0.212. The molecule has 100 valence electrons. The van der Waals surface area contributed by atoms with Crippen LogP contribution in [0.2, 0.25) is 0 Å². The number of ether oxygens (including phenoxy) is 3. The lowest BCUT2D eigenvalue weighted by Gasteiger charge is -2.29. The Morgan fingerprint density at radius 1 is 1.22 bits per heavy atom. The number of methoxy groups -OCH3 is 2. The second-order valence-corrected chi connectivity index (χ2v) is 4.51. The summed E-state index contributed by atoms with van der Waals surface area (Å²) in [7, 11) is 3.29. The van der Waals surface area contributed by atoms with E-state index < -0.39 is 0 Å². The van der Waals surface area contributed by atoms with E-state index in [0.29, 0.717) is 0 Å². The second kappa shape index (κ2) is 6.07. The molecule has 0 radical (unpaired) electrons. The molecule has 0 bridgehead atoms. The van der Waals surface area contributed by atoms with E-state index in [4.69, 9.17) is 19.9 Å². The van der Waals surface area contributed by atoms with E-state index in [9.17, 15) is 0 Å². The second-order valence-electron chi connectivity index (χ2n) is 4.51. The van der Waals surface area contributed by atoms with Gasteiger partial charge in [0.1, 0.15) is 11.5 Å². The highest BCUT2D eigenvalue weighted by Crippen LogP contribution is 2.36. The number of hydrogen-bond donors (Lipinski definition) is 1. The van der Waals surface area contributed by atoms with E-state index in [2.05, 4.69) is 0 Å². The molecule has 1 aliphatic heterocycles. The molecule has 1 fully saturated rings. The minimum absolute atomic E-state index is 0.0453. The van der Waals surface area contributed by atoms with E-state index in [0.717, 1.165) is 42.9 Å². The van der Waals surface area contributed by atoms with Crippen LogP contribution in [-0.4, -0.2) is 26.9 Å². The largest absolute Gasteiger partial charge is 0.496 e. The molecule has 2 atom stereocenters. The summed E-state index contributed by atoms with van der Waals surface area (Å²) >= 11 is 0. The molecule has 2 N–H and O–H groups in total. The van der Waals surface area contributed by atoms with Crippen LogP contribution in [0, 0.1) is 0 Å². The first-order chi connectivity index (χ1) is 8.77. The van der Waals surface area contributed by atoms with E-state index in [1.165, 1.54) is 0 Å². The number of benzene rings is 1. The maximum Gasteiger partial charge on any atom is 0.127 e. The van der Waals surface area contributed by atoms with Gasteiger partial charge in [-0.2, -0.15) is 0 Å². The van der Waals surface area contributed by atoms with Gasteiger partial charge in [-0.05, 0) is 31.4 Å². The van der Waals surface area contributed by atoms with Crippen molar-refractivity contribution in [2.24, 2.45) is 5.73 Å². The van der Waals surface area contributed by atoms with E-state index >= 15 is 0 Å². The summed E-state index contributed by atoms with van der Waals surface area (Å²) in [6.45, 7) is 0.788. The van der Waals surface area contributed by atoms with Crippen LogP contribution < -0.4 is 15.2 Å². The molecule has 1 aromatic carbocycles. The Labute approximate surface area is 108 Å². The molecule has 2 unspecified atom stereocenters. The van der Waals surface area contributed by atoms with Gasteiger partial charge in [0.05, 0.1) is 31.9 Å². The summed E-state index contributed by atoms with van der Waals surface area (Å²) in [6, 6.07) is 5.49. The van der Waals surface area contributed by atoms with Crippen LogP contribution in [0.3, 0.4) is 0 Å². The number of nitrogens with two attached hydrogens (primary N) is 1. The van der Waals surface area contributed by atoms with Crippen LogP contribution in [0.5, 0.6) is 11.5 Å². The van der Waals surface area contributed by atoms with Crippen molar-refractivity contribution in [3.63, 3.8) is 0 Å². The Kier molecular flexibility index (Phi) is 4.44. The Morgan fingerprint density at radius 2 is 1.89 bits per heavy atom. The summed E-state index contributed by atoms with van der Waals surface area (Å²) in [6.07, 6.45) is 3.31. The lowest BCUT2D eigenvalue weighted by atomic mass is 9.95. The van der Waals surface area contributed by atoms with Gasteiger partial charge < -0.3 is 19.9 Å². The summed E-state index contributed by atoms with van der Waals surface area (Å²) in [5, 5.41) is 0. The molecule has 1 aromatic rings. The molecule has 0 spiro atoms. The third kappa shape index (κ3) is 2.60. The van der Waals surface area contributed by atoms with Crippen molar-refractivity contribution >= 4 is 0 Å². The Hall–Kier alpha value is -1.26. The van der Waals surface area contributed by atoms with Crippen molar-refractivity contribution in [3.8, 4) is 11.5 Å².